The van der Waals surface area contributed by atoms with Gasteiger partial charge in [0.05, 0.1) is 6.54 Å². The molecule has 1 amide bonds. The summed E-state index contributed by atoms with van der Waals surface area (Å²) in [7, 11) is -3.53. The lowest BCUT2D eigenvalue weighted by atomic mass is 10.1. The monoisotopic (exact) mass is 311 g/mol. The van der Waals surface area contributed by atoms with Crippen LogP contribution in [0.15, 0.2) is 11.5 Å². The topological polar surface area (TPSA) is 137 Å². The summed E-state index contributed by atoms with van der Waals surface area (Å²) in [6, 6.07) is 0. The van der Waals surface area contributed by atoms with E-state index in [2.05, 4.69) is 11.8 Å². The Balaban J connectivity index is 2.78. The Labute approximate surface area is 115 Å². The molecule has 0 fully saturated rings. The van der Waals surface area contributed by atoms with Crippen molar-refractivity contribution in [2.45, 2.75) is 19.0 Å². The van der Waals surface area contributed by atoms with Gasteiger partial charge in [0.25, 0.3) is 0 Å². The number of carbonyl (C=O) groups excluding carboxylic acids is 1. The predicted molar refractivity (Wildman–Crippen MR) is 68.3 cm³/mol. The lowest BCUT2D eigenvalue weighted by molar-refractivity contribution is -0.696. The third-order valence-electron chi connectivity index (χ3n) is 2.65. The number of hydroxylamine groups is 2. The molecule has 0 saturated heterocycles. The molecule has 19 heavy (non-hydrogen) atoms. The normalized spacial score (nSPS) is 15.9. The number of amides is 1. The average molecular weight is 311 g/mol. The van der Waals surface area contributed by atoms with Crippen LogP contribution < -0.4 is 16.7 Å². The summed E-state index contributed by atoms with van der Waals surface area (Å²) in [5.74, 6) is 6.55. The summed E-state index contributed by atoms with van der Waals surface area (Å²) in [5.41, 5.74) is -0.636. The molecule has 1 aliphatic heterocycles. The Morgan fingerprint density at radius 1 is 1.63 bits per heavy atom. The highest BCUT2D eigenvalue weighted by molar-refractivity contribution is 7.81. The molecule has 1 rings (SSSR count). The minimum absolute atomic E-state index is 0.00650. The Kier molecular flexibility index (Phi) is 6.24. The van der Waals surface area contributed by atoms with Gasteiger partial charge in [-0.3, -0.25) is 10.0 Å². The molecule has 0 saturated carbocycles. The standard InChI is InChI=1S/C9H18N3O5PS/c1-7(13)12(14)4-2-9(8-3-5-19-6-8)18(15,16-10)17-11/h3,5-6,9,14H,2,4H2,1,10-11H3/q+4. The zero-order valence-electron chi connectivity index (χ0n) is 10.5. The first-order valence-corrected chi connectivity index (χ1v) is 7.96. The smallest absolute Gasteiger partial charge is 0.400 e. The lowest BCUT2D eigenvalue weighted by Gasteiger charge is -2.24. The fraction of sp³-hybridized carbons (Fsp3) is 0.444. The van der Waals surface area contributed by atoms with E-state index in [9.17, 15) is 14.9 Å². The van der Waals surface area contributed by atoms with Gasteiger partial charge in [-0.15, -0.1) is 0 Å². The Hall–Kier alpha value is -0.640. The van der Waals surface area contributed by atoms with E-state index in [1.807, 2.05) is 5.41 Å². The van der Waals surface area contributed by atoms with Gasteiger partial charge >= 0.3 is 30.1 Å². The molecule has 8 nitrogen and oxygen atoms in total. The molecular formula is C9H18N3O5PS+4. The number of nitrogens with zero attached hydrogens (tertiary/aromatic N) is 1. The van der Waals surface area contributed by atoms with Crippen molar-refractivity contribution >= 4 is 30.6 Å². The highest BCUT2D eigenvalue weighted by Gasteiger charge is 2.56. The number of hydrogen-bond acceptors (Lipinski definition) is 5. The predicted octanol–water partition coefficient (Wildman–Crippen LogP) is -2.56. The quantitative estimate of drug-likeness (QED) is 0.119. The van der Waals surface area contributed by atoms with Gasteiger partial charge in [0.2, 0.25) is 11.6 Å². The van der Waals surface area contributed by atoms with Gasteiger partial charge in [-0.1, -0.05) is 0 Å². The van der Waals surface area contributed by atoms with E-state index in [0.29, 0.717) is 5.06 Å². The van der Waals surface area contributed by atoms with Crippen LogP contribution in [-0.4, -0.2) is 33.7 Å². The molecule has 106 valence electrons. The van der Waals surface area contributed by atoms with Gasteiger partial charge in [-0.25, -0.2) is 5.06 Å². The van der Waals surface area contributed by atoms with Gasteiger partial charge in [-0.2, -0.15) is 11.8 Å². The van der Waals surface area contributed by atoms with Gasteiger partial charge in [0, 0.05) is 13.3 Å². The van der Waals surface area contributed by atoms with Crippen LogP contribution in [-0.2, 0) is 25.4 Å². The van der Waals surface area contributed by atoms with Crippen molar-refractivity contribution in [1.29, 1.82) is 0 Å². The summed E-state index contributed by atoms with van der Waals surface area (Å²) in [5, 5.41) is 13.5. The number of hydrogen-bond donors (Lipinski definition) is 3. The first-order valence-electron chi connectivity index (χ1n) is 5.41. The molecule has 10 heteroatoms. The summed E-state index contributed by atoms with van der Waals surface area (Å²) in [4.78, 5) is 23.3. The van der Waals surface area contributed by atoms with Gasteiger partial charge in [0.1, 0.15) is 0 Å². The maximum absolute atomic E-state index is 12.4. The Morgan fingerprint density at radius 3 is 2.68 bits per heavy atom. The highest BCUT2D eigenvalue weighted by Crippen LogP contribution is 2.57. The van der Waals surface area contributed by atoms with Crippen molar-refractivity contribution in [3.05, 3.63) is 17.4 Å². The minimum atomic E-state index is -3.53. The number of quaternary nitrogens is 2. The largest absolute Gasteiger partial charge is 0.620 e. The van der Waals surface area contributed by atoms with E-state index in [1.54, 1.807) is 11.4 Å². The molecule has 0 spiro atoms. The molecule has 1 heterocycles. The second-order valence-electron chi connectivity index (χ2n) is 3.80. The third-order valence-corrected chi connectivity index (χ3v) is 5.39. The molecule has 0 aromatic carbocycles. The first kappa shape index (κ1) is 16.4. The fourth-order valence-corrected chi connectivity index (χ4v) is 3.80. The average Bonchev–Trinajstić information content (AvgIpc) is 2.91. The van der Waals surface area contributed by atoms with Crippen LogP contribution >= 0.6 is 7.94 Å². The maximum Gasteiger partial charge on any atom is 0.400 e. The molecule has 7 N–H and O–H groups in total. The van der Waals surface area contributed by atoms with E-state index in [0.717, 1.165) is 5.92 Å². The zero-order valence-corrected chi connectivity index (χ0v) is 12.2. The molecule has 1 atom stereocenters. The first-order chi connectivity index (χ1) is 8.94. The molecule has 1 aliphatic rings. The van der Waals surface area contributed by atoms with E-state index < -0.39 is 19.5 Å². The van der Waals surface area contributed by atoms with Crippen LogP contribution in [0.3, 0.4) is 0 Å². The van der Waals surface area contributed by atoms with Crippen molar-refractivity contribution in [1.82, 2.24) is 5.06 Å². The summed E-state index contributed by atoms with van der Waals surface area (Å²) >= 11 is 1.43. The molecule has 0 radical (unpaired) electrons. The van der Waals surface area contributed by atoms with Gasteiger partial charge < -0.3 is 4.89 Å². The van der Waals surface area contributed by atoms with Crippen molar-refractivity contribution in [2.75, 3.05) is 6.54 Å². The van der Waals surface area contributed by atoms with Crippen LogP contribution in [0, 0.1) is 5.92 Å². The molecular weight excluding hydrogens is 293 g/mol. The van der Waals surface area contributed by atoms with E-state index in [1.165, 1.54) is 18.3 Å². The zero-order chi connectivity index (χ0) is 14.5. The molecule has 0 aromatic heterocycles. The van der Waals surface area contributed by atoms with Crippen molar-refractivity contribution < 1.29 is 35.9 Å². The summed E-state index contributed by atoms with van der Waals surface area (Å²) in [6.45, 7) is 1.24. The fourth-order valence-electron chi connectivity index (χ4n) is 1.59. The maximum atomic E-state index is 12.4. The van der Waals surface area contributed by atoms with Crippen LogP contribution in [0.5, 0.6) is 0 Å². The summed E-state index contributed by atoms with van der Waals surface area (Å²) in [6.07, 6.45) is 1.98. The van der Waals surface area contributed by atoms with E-state index >= 15 is 0 Å². The van der Waals surface area contributed by atoms with Crippen molar-refractivity contribution in [3.8, 4) is 0 Å². The number of carbonyl (C=O) groups is 1. The van der Waals surface area contributed by atoms with Gasteiger partial charge in [-0.05, 0) is 9.25 Å². The third kappa shape index (κ3) is 4.16. The van der Waals surface area contributed by atoms with Crippen molar-refractivity contribution in [2.24, 2.45) is 0 Å². The lowest BCUT2D eigenvalue weighted by Crippen LogP contribution is -2.60. The molecule has 0 aliphatic carbocycles. The van der Waals surface area contributed by atoms with E-state index in [4.69, 9.17) is 9.25 Å². The highest BCUT2D eigenvalue weighted by atomic mass is 32.1. The van der Waals surface area contributed by atoms with Crippen LogP contribution in [0.25, 0.3) is 0 Å². The Morgan fingerprint density at radius 2 is 2.26 bits per heavy atom. The number of allylic oxidation sites excluding steroid dienone is 1. The van der Waals surface area contributed by atoms with Crippen LogP contribution in [0.4, 0.5) is 0 Å². The summed E-state index contributed by atoms with van der Waals surface area (Å²) < 4.78 is 9.41. The number of rotatable bonds is 7. The molecule has 1 unspecified atom stereocenters. The van der Waals surface area contributed by atoms with Crippen molar-refractivity contribution in [3.63, 3.8) is 0 Å². The minimum Gasteiger partial charge on any atom is -0.620 e. The van der Waals surface area contributed by atoms with Crippen LogP contribution in [0.1, 0.15) is 13.3 Å². The molecule has 0 aromatic rings. The van der Waals surface area contributed by atoms with Crippen LogP contribution in [0.2, 0.25) is 0 Å². The second-order valence-corrected chi connectivity index (χ2v) is 6.80. The van der Waals surface area contributed by atoms with E-state index in [-0.39, 0.29) is 13.0 Å². The molecule has 0 bridgehead atoms. The SMILES string of the molecule is CC(=O)N(O)CCC([C+]1C=C[S+]=C1)[P+]([O-])(O[NH3+])O[NH3+]. The second kappa shape index (κ2) is 7.22. The Bertz CT molecular complexity index is 365. The van der Waals surface area contributed by atoms with Gasteiger partial charge in [0.15, 0.2) is 12.0 Å².